The van der Waals surface area contributed by atoms with Gasteiger partial charge in [-0.25, -0.2) is 0 Å². The van der Waals surface area contributed by atoms with E-state index in [0.29, 0.717) is 17.4 Å². The molecule has 0 heterocycles. The second kappa shape index (κ2) is 61.7. The number of quaternary nitrogens is 1. The van der Waals surface area contributed by atoms with Gasteiger partial charge in [0.15, 0.2) is 0 Å². The van der Waals surface area contributed by atoms with Gasteiger partial charge >= 0.3 is 0 Å². The molecule has 0 aromatic carbocycles. The van der Waals surface area contributed by atoms with Crippen molar-refractivity contribution in [3.63, 3.8) is 0 Å². The molecule has 0 rings (SSSR count). The number of phosphoric ester groups is 1. The fourth-order valence-corrected chi connectivity index (χ4v) is 10.2. The highest BCUT2D eigenvalue weighted by Crippen LogP contribution is 2.38. The van der Waals surface area contributed by atoms with Gasteiger partial charge < -0.3 is 28.8 Å². The van der Waals surface area contributed by atoms with Crippen molar-refractivity contribution in [3.8, 4) is 0 Å². The monoisotopic (exact) mass is 1150 g/mol. The van der Waals surface area contributed by atoms with Gasteiger partial charge in [-0.05, 0) is 89.9 Å². The molecule has 8 nitrogen and oxygen atoms in total. The van der Waals surface area contributed by atoms with Crippen LogP contribution >= 0.6 is 7.82 Å². The number of aliphatic hydroxyl groups excluding tert-OH is 1. The smallest absolute Gasteiger partial charge is 0.268 e. The standard InChI is InChI=1S/C72H129N2O6P/c1-6-8-10-12-14-16-18-20-22-24-26-28-30-31-32-33-34-35-36-37-38-39-40-41-42-43-44-46-48-50-52-54-56-58-60-62-64-66-72(76)73-70(69-80-81(77,78)79-68-67-74(3,4)5)71(75)65-63-61-59-57-55-53-51-49-47-45-29-27-25-23-21-19-17-15-13-11-9-7-2/h8,10,14,16,20,22,26,28,31-32,34-35,37-38,55,57,63,65,70-71,75H,6-7,9,11-13,15,17-19,21,23-25,27,29-30,33,36,39-54,56,58-62,64,66-69H2,1-5H3,(H-,73,76,77,78)/b10-8-,16-14-,22-20-,28-26-,32-31-,35-34-,38-37-,57-55+,65-63+. The molecular formula is C72H129N2O6P. The number of likely N-dealkylation sites (N-methyl/N-ethyl adjacent to an activating group) is 1. The highest BCUT2D eigenvalue weighted by molar-refractivity contribution is 7.45. The molecule has 9 heteroatoms. The highest BCUT2D eigenvalue weighted by Gasteiger charge is 2.23. The van der Waals surface area contributed by atoms with Gasteiger partial charge in [-0.1, -0.05) is 303 Å². The number of unbranched alkanes of at least 4 members (excludes halogenated alkanes) is 32. The zero-order valence-corrected chi connectivity index (χ0v) is 54.4. The summed E-state index contributed by atoms with van der Waals surface area (Å²) in [6, 6.07) is -0.910. The first-order valence-electron chi connectivity index (χ1n) is 33.7. The van der Waals surface area contributed by atoms with Crippen LogP contribution in [-0.2, 0) is 18.4 Å². The Hall–Kier alpha value is -2.84. The molecule has 0 radical (unpaired) electrons. The van der Waals surface area contributed by atoms with Crippen LogP contribution in [0.25, 0.3) is 0 Å². The molecule has 0 saturated heterocycles. The Kier molecular flexibility index (Phi) is 59.5. The average molecular weight is 1150 g/mol. The van der Waals surface area contributed by atoms with Gasteiger partial charge in [-0.3, -0.25) is 9.36 Å². The Morgan fingerprint density at radius 3 is 1.15 bits per heavy atom. The fraction of sp³-hybridized carbons (Fsp3) is 0.736. The third kappa shape index (κ3) is 64.6. The van der Waals surface area contributed by atoms with Crippen molar-refractivity contribution in [2.75, 3.05) is 40.9 Å². The van der Waals surface area contributed by atoms with Crippen LogP contribution in [0.5, 0.6) is 0 Å². The van der Waals surface area contributed by atoms with Gasteiger partial charge in [0.2, 0.25) is 5.91 Å². The van der Waals surface area contributed by atoms with E-state index in [1.54, 1.807) is 6.08 Å². The summed E-state index contributed by atoms with van der Waals surface area (Å²) in [5.74, 6) is -0.208. The predicted octanol–water partition coefficient (Wildman–Crippen LogP) is 20.9. The number of carbonyl (C=O) groups is 1. The number of rotatable bonds is 61. The number of amides is 1. The summed E-state index contributed by atoms with van der Waals surface area (Å²) in [6.45, 7) is 4.53. The first-order chi connectivity index (χ1) is 39.5. The van der Waals surface area contributed by atoms with E-state index in [1.807, 2.05) is 27.2 Å². The van der Waals surface area contributed by atoms with E-state index in [0.717, 1.165) is 83.5 Å². The largest absolute Gasteiger partial charge is 0.756 e. The molecule has 0 aliphatic rings. The highest BCUT2D eigenvalue weighted by atomic mass is 31.2. The summed E-state index contributed by atoms with van der Waals surface area (Å²) >= 11 is 0. The minimum atomic E-state index is -4.62. The minimum absolute atomic E-state index is 0.00953. The van der Waals surface area contributed by atoms with Gasteiger partial charge in [0.1, 0.15) is 13.2 Å². The van der Waals surface area contributed by atoms with Crippen molar-refractivity contribution < 1.29 is 32.9 Å². The van der Waals surface area contributed by atoms with Crippen LogP contribution in [0.1, 0.15) is 290 Å². The molecule has 3 atom stereocenters. The van der Waals surface area contributed by atoms with Crippen LogP contribution in [0.3, 0.4) is 0 Å². The summed E-state index contributed by atoms with van der Waals surface area (Å²) in [4.78, 5) is 25.6. The second-order valence-corrected chi connectivity index (χ2v) is 25.2. The maximum atomic E-state index is 13.0. The van der Waals surface area contributed by atoms with Crippen molar-refractivity contribution in [1.82, 2.24) is 5.32 Å². The summed E-state index contributed by atoms with van der Waals surface area (Å²) in [5.41, 5.74) is 0. The Morgan fingerprint density at radius 1 is 0.444 bits per heavy atom. The molecule has 468 valence electrons. The number of phosphoric acid groups is 1. The third-order valence-corrected chi connectivity index (χ3v) is 15.7. The molecule has 0 saturated carbocycles. The van der Waals surface area contributed by atoms with Crippen LogP contribution in [0.2, 0.25) is 0 Å². The lowest BCUT2D eigenvalue weighted by molar-refractivity contribution is -0.870. The zero-order valence-electron chi connectivity index (χ0n) is 53.5. The summed E-state index contributed by atoms with van der Waals surface area (Å²) in [6.07, 6.45) is 90.6. The van der Waals surface area contributed by atoms with E-state index in [-0.39, 0.29) is 12.5 Å². The number of nitrogens with one attached hydrogen (secondary N) is 1. The number of carbonyl (C=O) groups excluding carboxylic acids is 1. The van der Waals surface area contributed by atoms with Crippen LogP contribution < -0.4 is 10.2 Å². The van der Waals surface area contributed by atoms with Crippen LogP contribution in [0.4, 0.5) is 0 Å². The summed E-state index contributed by atoms with van der Waals surface area (Å²) in [7, 11) is 1.24. The minimum Gasteiger partial charge on any atom is -0.756 e. The van der Waals surface area contributed by atoms with E-state index < -0.39 is 26.6 Å². The third-order valence-electron chi connectivity index (χ3n) is 14.7. The number of aliphatic hydroxyl groups is 1. The molecule has 0 fully saturated rings. The number of nitrogens with zero attached hydrogens (tertiary/aromatic N) is 1. The quantitative estimate of drug-likeness (QED) is 0.0272. The zero-order chi connectivity index (χ0) is 59.1. The van der Waals surface area contributed by atoms with Crippen LogP contribution in [-0.4, -0.2) is 68.5 Å². The molecular weight excluding hydrogens is 1020 g/mol. The molecule has 81 heavy (non-hydrogen) atoms. The van der Waals surface area contributed by atoms with Gasteiger partial charge in [0, 0.05) is 6.42 Å². The molecule has 0 bridgehead atoms. The maximum absolute atomic E-state index is 13.0. The van der Waals surface area contributed by atoms with E-state index in [2.05, 4.69) is 116 Å². The SMILES string of the molecule is CC/C=C\C/C=C\C/C=C\C/C=C\C/C=C\C/C=C\C/C=C\CCCCCCCCCCCCCCCCCC(=O)NC(COP(=O)([O-])OCC[N+](C)(C)C)C(O)/C=C/CC/C=C/CCCCCCCCCCCCCCCCCC. The van der Waals surface area contributed by atoms with Gasteiger partial charge in [0.05, 0.1) is 39.9 Å². The van der Waals surface area contributed by atoms with E-state index in [4.69, 9.17) is 9.05 Å². The van der Waals surface area contributed by atoms with Gasteiger partial charge in [-0.15, -0.1) is 0 Å². The van der Waals surface area contributed by atoms with Crippen molar-refractivity contribution in [3.05, 3.63) is 109 Å². The molecule has 0 aliphatic heterocycles. The molecule has 2 N–H and O–H groups in total. The molecule has 0 aliphatic carbocycles. The maximum Gasteiger partial charge on any atom is 0.268 e. The number of hydrogen-bond acceptors (Lipinski definition) is 6. The van der Waals surface area contributed by atoms with Crippen molar-refractivity contribution >= 4 is 13.7 Å². The van der Waals surface area contributed by atoms with Crippen molar-refractivity contribution in [1.29, 1.82) is 0 Å². The van der Waals surface area contributed by atoms with Crippen LogP contribution in [0.15, 0.2) is 109 Å². The van der Waals surface area contributed by atoms with E-state index >= 15 is 0 Å². The van der Waals surface area contributed by atoms with E-state index in [9.17, 15) is 19.4 Å². The topological polar surface area (TPSA) is 108 Å². The van der Waals surface area contributed by atoms with Crippen molar-refractivity contribution in [2.45, 2.75) is 302 Å². The Balaban J connectivity index is 4.11. The lowest BCUT2D eigenvalue weighted by Gasteiger charge is -2.29. The molecule has 0 aromatic rings. The van der Waals surface area contributed by atoms with Gasteiger partial charge in [0.25, 0.3) is 7.82 Å². The molecule has 1 amide bonds. The Morgan fingerprint density at radius 2 is 0.765 bits per heavy atom. The Bertz CT molecular complexity index is 1690. The van der Waals surface area contributed by atoms with E-state index in [1.165, 1.54) is 186 Å². The summed E-state index contributed by atoms with van der Waals surface area (Å²) in [5, 5.41) is 13.9. The Labute approximate surface area is 501 Å². The number of allylic oxidation sites excluding steroid dienone is 17. The lowest BCUT2D eigenvalue weighted by atomic mass is 10.0. The number of hydrogen-bond donors (Lipinski definition) is 2. The van der Waals surface area contributed by atoms with Crippen LogP contribution in [0, 0.1) is 0 Å². The fourth-order valence-electron chi connectivity index (χ4n) is 9.50. The second-order valence-electron chi connectivity index (χ2n) is 23.8. The first kappa shape index (κ1) is 78.2. The average Bonchev–Trinajstić information content (AvgIpc) is 3.43. The molecule has 0 aromatic heterocycles. The summed E-state index contributed by atoms with van der Waals surface area (Å²) < 4.78 is 23.4. The molecule has 0 spiro atoms. The molecule has 3 unspecified atom stereocenters. The van der Waals surface area contributed by atoms with Crippen molar-refractivity contribution in [2.24, 2.45) is 0 Å². The predicted molar refractivity (Wildman–Crippen MR) is 352 cm³/mol. The lowest BCUT2D eigenvalue weighted by Crippen LogP contribution is -2.45. The van der Waals surface area contributed by atoms with Gasteiger partial charge in [-0.2, -0.15) is 0 Å². The first-order valence-corrected chi connectivity index (χ1v) is 35.2. The normalized spacial score (nSPS) is 14.4.